The van der Waals surface area contributed by atoms with Crippen LogP contribution in [0.2, 0.25) is 0 Å². The summed E-state index contributed by atoms with van der Waals surface area (Å²) in [7, 11) is 0. The van der Waals surface area contributed by atoms with Crippen molar-refractivity contribution in [2.75, 3.05) is 6.61 Å². The molecule has 2 atom stereocenters. The highest BCUT2D eigenvalue weighted by atomic mass is 32.1. The minimum Gasteiger partial charge on any atom is -0.369 e. The fraction of sp³-hybridized carbons (Fsp3) is 0.714. The standard InChI is InChI=1S/C14H20F3NOS/c1-10-5-6-20-13(10)8-18-11-3-2-4-12(7-11)19-9-14(15,16)17/h5-6,11-12,18H,2-4,7-9H2,1H3. The van der Waals surface area contributed by atoms with Crippen LogP contribution in [0, 0.1) is 6.92 Å². The predicted molar refractivity (Wildman–Crippen MR) is 73.9 cm³/mol. The highest BCUT2D eigenvalue weighted by molar-refractivity contribution is 7.10. The van der Waals surface area contributed by atoms with Gasteiger partial charge < -0.3 is 10.1 Å². The fourth-order valence-electron chi connectivity index (χ4n) is 2.52. The maximum absolute atomic E-state index is 12.1. The third-order valence-electron chi connectivity index (χ3n) is 3.63. The van der Waals surface area contributed by atoms with Crippen LogP contribution in [-0.2, 0) is 11.3 Å². The van der Waals surface area contributed by atoms with Crippen molar-refractivity contribution in [2.24, 2.45) is 0 Å². The molecule has 20 heavy (non-hydrogen) atoms. The van der Waals surface area contributed by atoms with E-state index in [-0.39, 0.29) is 12.1 Å². The van der Waals surface area contributed by atoms with E-state index >= 15 is 0 Å². The monoisotopic (exact) mass is 307 g/mol. The average Bonchev–Trinajstić information content (AvgIpc) is 2.79. The Bertz CT molecular complexity index is 419. The summed E-state index contributed by atoms with van der Waals surface area (Å²) in [5.74, 6) is 0. The molecule has 0 aliphatic heterocycles. The Morgan fingerprint density at radius 2 is 2.20 bits per heavy atom. The molecule has 6 heteroatoms. The summed E-state index contributed by atoms with van der Waals surface area (Å²) < 4.78 is 41.4. The normalized spacial score (nSPS) is 24.0. The van der Waals surface area contributed by atoms with Crippen LogP contribution in [0.1, 0.15) is 36.1 Å². The van der Waals surface area contributed by atoms with Gasteiger partial charge in [-0.1, -0.05) is 0 Å². The van der Waals surface area contributed by atoms with Crippen LogP contribution < -0.4 is 5.32 Å². The molecule has 0 saturated heterocycles. The zero-order valence-corrected chi connectivity index (χ0v) is 12.3. The molecular formula is C14H20F3NOS. The number of rotatable bonds is 5. The summed E-state index contributed by atoms with van der Waals surface area (Å²) >= 11 is 1.71. The maximum Gasteiger partial charge on any atom is 0.411 e. The van der Waals surface area contributed by atoms with E-state index in [1.54, 1.807) is 11.3 Å². The molecule has 114 valence electrons. The lowest BCUT2D eigenvalue weighted by Gasteiger charge is -2.30. The van der Waals surface area contributed by atoms with Crippen molar-refractivity contribution in [1.29, 1.82) is 0 Å². The van der Waals surface area contributed by atoms with Gasteiger partial charge in [0, 0.05) is 17.5 Å². The number of hydrogen-bond acceptors (Lipinski definition) is 3. The van der Waals surface area contributed by atoms with Crippen LogP contribution in [0.4, 0.5) is 13.2 Å². The van der Waals surface area contributed by atoms with Crippen molar-refractivity contribution < 1.29 is 17.9 Å². The molecular weight excluding hydrogens is 287 g/mol. The number of hydrogen-bond donors (Lipinski definition) is 1. The van der Waals surface area contributed by atoms with Crippen molar-refractivity contribution in [2.45, 2.75) is 57.5 Å². The Balaban J connectivity index is 1.74. The second-order valence-corrected chi connectivity index (χ2v) is 6.32. The van der Waals surface area contributed by atoms with Crippen molar-refractivity contribution in [3.63, 3.8) is 0 Å². The largest absolute Gasteiger partial charge is 0.411 e. The lowest BCUT2D eigenvalue weighted by atomic mass is 9.93. The molecule has 0 amide bonds. The minimum absolute atomic E-state index is 0.253. The van der Waals surface area contributed by atoms with Gasteiger partial charge in [-0.2, -0.15) is 13.2 Å². The van der Waals surface area contributed by atoms with E-state index in [1.165, 1.54) is 10.4 Å². The van der Waals surface area contributed by atoms with Gasteiger partial charge in [-0.05, 0) is 49.6 Å². The van der Waals surface area contributed by atoms with Gasteiger partial charge in [0.2, 0.25) is 0 Å². The summed E-state index contributed by atoms with van der Waals surface area (Å²) in [6.45, 7) is 1.73. The van der Waals surface area contributed by atoms with Crippen LogP contribution in [0.15, 0.2) is 11.4 Å². The van der Waals surface area contributed by atoms with E-state index in [4.69, 9.17) is 4.74 Å². The van der Waals surface area contributed by atoms with Crippen LogP contribution in [0.25, 0.3) is 0 Å². The zero-order chi connectivity index (χ0) is 14.6. The van der Waals surface area contributed by atoms with E-state index in [2.05, 4.69) is 23.7 Å². The number of halogens is 3. The molecule has 0 radical (unpaired) electrons. The smallest absolute Gasteiger partial charge is 0.369 e. The lowest BCUT2D eigenvalue weighted by Crippen LogP contribution is -2.37. The number of alkyl halides is 3. The molecule has 2 rings (SSSR count). The Hall–Kier alpha value is -0.590. The van der Waals surface area contributed by atoms with E-state index in [0.29, 0.717) is 6.42 Å². The molecule has 1 saturated carbocycles. The van der Waals surface area contributed by atoms with Gasteiger partial charge in [0.25, 0.3) is 0 Å². The van der Waals surface area contributed by atoms with Gasteiger partial charge in [0.1, 0.15) is 6.61 Å². The average molecular weight is 307 g/mol. The summed E-state index contributed by atoms with van der Waals surface area (Å²) in [6.07, 6.45) is -1.17. The van der Waals surface area contributed by atoms with Gasteiger partial charge >= 0.3 is 6.18 Å². The molecule has 1 aliphatic rings. The van der Waals surface area contributed by atoms with Gasteiger partial charge in [0.05, 0.1) is 6.10 Å². The molecule has 2 nitrogen and oxygen atoms in total. The topological polar surface area (TPSA) is 21.3 Å². The Kier molecular flexibility index (Phi) is 5.46. The molecule has 1 aromatic heterocycles. The molecule has 1 aliphatic carbocycles. The van der Waals surface area contributed by atoms with E-state index in [1.807, 2.05) is 0 Å². The Labute approximate surface area is 121 Å². The first-order chi connectivity index (χ1) is 9.44. The molecule has 0 spiro atoms. The van der Waals surface area contributed by atoms with Crippen LogP contribution >= 0.6 is 11.3 Å². The molecule has 1 heterocycles. The third kappa shape index (κ3) is 5.07. The van der Waals surface area contributed by atoms with Crippen LogP contribution in [0.3, 0.4) is 0 Å². The molecule has 0 bridgehead atoms. The minimum atomic E-state index is -4.23. The SMILES string of the molecule is Cc1ccsc1CNC1CCCC(OCC(F)(F)F)C1. The Morgan fingerprint density at radius 3 is 2.85 bits per heavy atom. The summed E-state index contributed by atoms with van der Waals surface area (Å²) in [6, 6.07) is 2.33. The maximum atomic E-state index is 12.1. The highest BCUT2D eigenvalue weighted by Crippen LogP contribution is 2.25. The summed E-state index contributed by atoms with van der Waals surface area (Å²) in [5, 5.41) is 5.50. The first-order valence-electron chi connectivity index (χ1n) is 6.89. The van der Waals surface area contributed by atoms with Crippen molar-refractivity contribution >= 4 is 11.3 Å². The van der Waals surface area contributed by atoms with Crippen LogP contribution in [-0.4, -0.2) is 24.9 Å². The first-order valence-corrected chi connectivity index (χ1v) is 7.77. The Morgan fingerprint density at radius 1 is 1.40 bits per heavy atom. The van der Waals surface area contributed by atoms with Gasteiger partial charge in [-0.15, -0.1) is 11.3 Å². The number of nitrogens with one attached hydrogen (secondary N) is 1. The van der Waals surface area contributed by atoms with Crippen LogP contribution in [0.5, 0.6) is 0 Å². The number of ether oxygens (including phenoxy) is 1. The second-order valence-electron chi connectivity index (χ2n) is 5.32. The van der Waals surface area contributed by atoms with Gasteiger partial charge in [-0.25, -0.2) is 0 Å². The quantitative estimate of drug-likeness (QED) is 0.886. The van der Waals surface area contributed by atoms with Crippen molar-refractivity contribution in [1.82, 2.24) is 5.32 Å². The first kappa shape index (κ1) is 15.8. The highest BCUT2D eigenvalue weighted by Gasteiger charge is 2.31. The fourth-order valence-corrected chi connectivity index (χ4v) is 3.37. The number of aryl methyl sites for hydroxylation is 1. The lowest BCUT2D eigenvalue weighted by molar-refractivity contribution is -0.188. The molecule has 2 unspecified atom stereocenters. The summed E-state index contributed by atoms with van der Waals surface area (Å²) in [5.41, 5.74) is 1.27. The molecule has 1 aromatic rings. The third-order valence-corrected chi connectivity index (χ3v) is 4.65. The summed E-state index contributed by atoms with van der Waals surface area (Å²) in [4.78, 5) is 1.29. The van der Waals surface area contributed by atoms with E-state index in [0.717, 1.165) is 25.8 Å². The zero-order valence-electron chi connectivity index (χ0n) is 11.5. The molecule has 1 fully saturated rings. The second kappa shape index (κ2) is 6.91. The van der Waals surface area contributed by atoms with Gasteiger partial charge in [0.15, 0.2) is 0 Å². The van der Waals surface area contributed by atoms with Gasteiger partial charge in [-0.3, -0.25) is 0 Å². The molecule has 1 N–H and O–H groups in total. The van der Waals surface area contributed by atoms with Crippen molar-refractivity contribution in [3.8, 4) is 0 Å². The predicted octanol–water partition coefficient (Wildman–Crippen LogP) is 4.04. The van der Waals surface area contributed by atoms with E-state index < -0.39 is 12.8 Å². The molecule has 0 aromatic carbocycles. The van der Waals surface area contributed by atoms with E-state index in [9.17, 15) is 13.2 Å². The number of thiophene rings is 1. The van der Waals surface area contributed by atoms with Crippen molar-refractivity contribution in [3.05, 3.63) is 21.9 Å².